The third-order valence-corrected chi connectivity index (χ3v) is 8.74. The predicted octanol–water partition coefficient (Wildman–Crippen LogP) is 1.58. The molecule has 2 N–H and O–H groups in total. The first-order valence-corrected chi connectivity index (χ1v) is 12.1. The molecule has 0 atom stereocenters. The van der Waals surface area contributed by atoms with Gasteiger partial charge in [0.05, 0.1) is 0 Å². The molecule has 7 heteroatoms. The van der Waals surface area contributed by atoms with Gasteiger partial charge in [0.2, 0.25) is 0 Å². The van der Waals surface area contributed by atoms with E-state index in [0.717, 1.165) is 0 Å². The van der Waals surface area contributed by atoms with E-state index in [4.69, 9.17) is 10.2 Å². The van der Waals surface area contributed by atoms with Crippen molar-refractivity contribution in [1.29, 1.82) is 0 Å². The summed E-state index contributed by atoms with van der Waals surface area (Å²) >= 11 is -3.85. The van der Waals surface area contributed by atoms with Crippen LogP contribution in [0.25, 0.3) is 0 Å². The maximum atomic E-state index is 10.3. The molecule has 0 aromatic carbocycles. The second-order valence-electron chi connectivity index (χ2n) is 3.34. The first-order chi connectivity index (χ1) is 8.61. The number of allylic oxidation sites excluding steroid dienone is 6. The molecule has 2 heterocycles. The molecule has 0 spiro atoms. The first kappa shape index (κ1) is 18.3. The van der Waals surface area contributed by atoms with Crippen molar-refractivity contribution in [3.63, 3.8) is 0 Å². The van der Waals surface area contributed by atoms with Crippen molar-refractivity contribution in [3.8, 4) is 0 Å². The van der Waals surface area contributed by atoms with Gasteiger partial charge in [-0.15, -0.1) is 0 Å². The average Bonchev–Trinajstić information content (AvgIpc) is 2.41. The topological polar surface area (TPSA) is 74.6 Å². The Morgan fingerprint density at radius 1 is 0.684 bits per heavy atom. The average molecular weight is 431 g/mol. The summed E-state index contributed by atoms with van der Waals surface area (Å²) in [6.45, 7) is 0. The smallest absolute Gasteiger partial charge is 0 e. The third-order valence-electron chi connectivity index (χ3n) is 2.04. The van der Waals surface area contributed by atoms with Gasteiger partial charge >= 0.3 is 113 Å². The SMILES string of the molecule is O=[C](O)[Ge]1=[CH]C=CC=[CH]1.O=[C](O)[Ge]1=[CH]C=CC=[CH]1.[Zn]. The standard InChI is InChI=1S/2C6H6GeO2.Zn/c2*8-6(9)7-4-2-1-3-5-7;/h2*1-5H,(H,8,9);. The van der Waals surface area contributed by atoms with Crippen molar-refractivity contribution in [2.24, 2.45) is 0 Å². The zero-order valence-electron chi connectivity index (χ0n) is 10.2. The third kappa shape index (κ3) is 7.50. The predicted molar refractivity (Wildman–Crippen MR) is 76.2 cm³/mol. The van der Waals surface area contributed by atoms with Gasteiger partial charge in [-0.25, -0.2) is 0 Å². The van der Waals surface area contributed by atoms with Gasteiger partial charge in [-0.2, -0.15) is 0 Å². The Morgan fingerprint density at radius 2 is 1.05 bits per heavy atom. The summed E-state index contributed by atoms with van der Waals surface area (Å²) < 4.78 is 0. The van der Waals surface area contributed by atoms with Gasteiger partial charge in [0, 0.05) is 19.5 Å². The molecule has 2 aliphatic heterocycles. The summed E-state index contributed by atoms with van der Waals surface area (Å²) in [5.74, 6) is 0. The summed E-state index contributed by atoms with van der Waals surface area (Å²) in [7, 11) is 0. The molecule has 0 unspecified atom stereocenters. The minimum atomic E-state index is -1.93. The van der Waals surface area contributed by atoms with E-state index >= 15 is 0 Å². The normalized spacial score (nSPS) is 14.5. The minimum absolute atomic E-state index is 0. The molecule has 0 amide bonds. The quantitative estimate of drug-likeness (QED) is 0.652. The maximum absolute atomic E-state index is 10.3. The van der Waals surface area contributed by atoms with Crippen LogP contribution < -0.4 is 0 Å². The van der Waals surface area contributed by atoms with E-state index < -0.39 is 37.4 Å². The van der Waals surface area contributed by atoms with Gasteiger partial charge < -0.3 is 0 Å². The van der Waals surface area contributed by atoms with Crippen molar-refractivity contribution in [2.75, 3.05) is 0 Å². The fourth-order valence-electron chi connectivity index (χ4n) is 1.16. The molecule has 0 aliphatic carbocycles. The van der Waals surface area contributed by atoms with Crippen molar-refractivity contribution >= 4 is 47.1 Å². The molecule has 2 aliphatic rings. The fraction of sp³-hybridized carbons (Fsp3) is 0. The Bertz CT molecular complexity index is 480. The van der Waals surface area contributed by atoms with Gasteiger partial charge in [-0.1, -0.05) is 0 Å². The molecular weight excluding hydrogens is 419 g/mol. The first-order valence-electron chi connectivity index (χ1n) is 5.18. The number of rotatable bonds is 2. The molecule has 94 valence electrons. The molecule has 19 heavy (non-hydrogen) atoms. The number of hydrogen-bond acceptors (Lipinski definition) is 2. The molecule has 2 rings (SSSR count). The summed E-state index contributed by atoms with van der Waals surface area (Å²) in [4.78, 5) is 26.6. The van der Waals surface area contributed by atoms with Gasteiger partial charge in [0.15, 0.2) is 0 Å². The summed E-state index contributed by atoms with van der Waals surface area (Å²) in [5, 5.41) is 17.0. The molecule has 0 aromatic rings. The monoisotopic (exact) mass is 432 g/mol. The Kier molecular flexibility index (Phi) is 9.83. The van der Waals surface area contributed by atoms with Gasteiger partial charge in [0.1, 0.15) is 0 Å². The van der Waals surface area contributed by atoms with Crippen LogP contribution in [0.15, 0.2) is 46.3 Å². The molecule has 0 bridgehead atoms. The van der Waals surface area contributed by atoms with Crippen LogP contribution in [-0.2, 0) is 19.5 Å². The second-order valence-corrected chi connectivity index (χ2v) is 11.8. The van der Waals surface area contributed by atoms with Crippen LogP contribution in [0.5, 0.6) is 0 Å². The molecule has 0 aromatic heterocycles. The molecule has 0 radical (unpaired) electrons. The van der Waals surface area contributed by atoms with E-state index in [1.165, 1.54) is 0 Å². The van der Waals surface area contributed by atoms with Crippen LogP contribution >= 0.6 is 0 Å². The Labute approximate surface area is 132 Å². The number of hydrogen-bond donors (Lipinski definition) is 2. The zero-order chi connectivity index (χ0) is 13.4. The van der Waals surface area contributed by atoms with E-state index in [1.54, 1.807) is 0 Å². The molecule has 0 fully saturated rings. The maximum Gasteiger partial charge on any atom is 0 e. The number of carbonyl (C=O) groups is 2. The van der Waals surface area contributed by atoms with E-state index in [1.807, 2.05) is 56.0 Å². The second kappa shape index (κ2) is 10.2. The van der Waals surface area contributed by atoms with Crippen LogP contribution in [0.2, 0.25) is 0 Å². The van der Waals surface area contributed by atoms with E-state index in [-0.39, 0.29) is 19.5 Å². The molecule has 0 saturated heterocycles. The van der Waals surface area contributed by atoms with Crippen molar-refractivity contribution in [3.05, 3.63) is 46.3 Å². The summed E-state index contributed by atoms with van der Waals surface area (Å²) in [6, 6.07) is 0. The van der Waals surface area contributed by atoms with Gasteiger partial charge in [0.25, 0.3) is 0 Å². The Balaban J connectivity index is 0.000000324. The van der Waals surface area contributed by atoms with E-state index in [9.17, 15) is 9.59 Å². The Morgan fingerprint density at radius 3 is 1.21 bits per heavy atom. The fourth-order valence-corrected chi connectivity index (χ4v) is 5.50. The summed E-state index contributed by atoms with van der Waals surface area (Å²) in [5.41, 5.74) is 0. The Hall–Kier alpha value is -0.651. The minimum Gasteiger partial charge on any atom is 0 e. The van der Waals surface area contributed by atoms with Crippen LogP contribution in [0.4, 0.5) is 9.59 Å². The molecule has 4 nitrogen and oxygen atoms in total. The largest absolute Gasteiger partial charge is 0 e. The molecular formula is C12H12Ge2O4Zn. The van der Waals surface area contributed by atoms with Crippen LogP contribution in [0.1, 0.15) is 0 Å². The summed E-state index contributed by atoms with van der Waals surface area (Å²) in [6.07, 6.45) is 10.9. The van der Waals surface area contributed by atoms with Crippen LogP contribution in [-0.4, -0.2) is 57.3 Å². The van der Waals surface area contributed by atoms with E-state index in [2.05, 4.69) is 0 Å². The van der Waals surface area contributed by atoms with Gasteiger partial charge in [-0.3, -0.25) is 0 Å². The number of carboxylic acid groups (broad SMARTS) is 2. The van der Waals surface area contributed by atoms with Gasteiger partial charge in [-0.05, 0) is 0 Å². The molecule has 0 saturated carbocycles. The van der Waals surface area contributed by atoms with Crippen molar-refractivity contribution in [1.82, 2.24) is 0 Å². The van der Waals surface area contributed by atoms with Crippen molar-refractivity contribution < 1.29 is 39.3 Å². The van der Waals surface area contributed by atoms with Crippen LogP contribution in [0, 0.1) is 0 Å². The van der Waals surface area contributed by atoms with Crippen LogP contribution in [0.3, 0.4) is 0 Å². The van der Waals surface area contributed by atoms with Crippen molar-refractivity contribution in [2.45, 2.75) is 0 Å². The zero-order valence-corrected chi connectivity index (χ0v) is 17.4. The van der Waals surface area contributed by atoms with E-state index in [0.29, 0.717) is 0 Å².